The molecule has 3 aromatic carbocycles. The van der Waals surface area contributed by atoms with Crippen LogP contribution in [0.5, 0.6) is 0 Å². The molecule has 0 bridgehead atoms. The molecule has 1 heterocycles. The van der Waals surface area contributed by atoms with Crippen LogP contribution in [0.2, 0.25) is 0 Å². The van der Waals surface area contributed by atoms with E-state index >= 15 is 0 Å². The lowest BCUT2D eigenvalue weighted by molar-refractivity contribution is -0.392. The zero-order chi connectivity index (χ0) is 36.9. The molecule has 2 unspecified atom stereocenters. The quantitative estimate of drug-likeness (QED) is 0.185. The highest BCUT2D eigenvalue weighted by Crippen LogP contribution is 2.55. The Hall–Kier alpha value is -3.19. The van der Waals surface area contributed by atoms with E-state index in [0.717, 1.165) is 48.7 Å². The second kappa shape index (κ2) is 13.4. The fraction of sp³-hybridized carbons (Fsp3) is 0.438. The van der Waals surface area contributed by atoms with Crippen molar-refractivity contribution in [2.75, 3.05) is 32.4 Å². The van der Waals surface area contributed by atoms with E-state index in [1.165, 1.54) is 4.31 Å². The molecule has 0 amide bonds. The van der Waals surface area contributed by atoms with Gasteiger partial charge in [0.2, 0.25) is 10.0 Å². The highest BCUT2D eigenvalue weighted by Gasteiger charge is 2.73. The van der Waals surface area contributed by atoms with Crippen LogP contribution < -0.4 is 0 Å². The van der Waals surface area contributed by atoms with Gasteiger partial charge < -0.3 is 4.74 Å². The Morgan fingerprint density at radius 3 is 1.82 bits per heavy atom. The minimum atomic E-state index is -6.21. The fourth-order valence-electron chi connectivity index (χ4n) is 6.79. The summed E-state index contributed by atoms with van der Waals surface area (Å²) >= 11 is 0. The van der Waals surface area contributed by atoms with Gasteiger partial charge in [-0.25, -0.2) is 30.0 Å². The summed E-state index contributed by atoms with van der Waals surface area (Å²) in [5.41, 5.74) is -7.91. The number of alkyl halides is 6. The highest BCUT2D eigenvalue weighted by molar-refractivity contribution is 7.92. The largest absolute Gasteiger partial charge is 0.430 e. The van der Waals surface area contributed by atoms with Crippen LogP contribution in [0.4, 0.5) is 39.5 Å². The number of hydrogen-bond donors (Lipinski definition) is 0. The Bertz CT molecular complexity index is 1880. The second-order valence-corrected chi connectivity index (χ2v) is 16.5. The average molecular weight is 759 g/mol. The number of rotatable bonds is 9. The lowest BCUT2D eigenvalue weighted by atomic mass is 9.88. The van der Waals surface area contributed by atoms with Gasteiger partial charge in [0, 0.05) is 43.3 Å². The van der Waals surface area contributed by atoms with Crippen LogP contribution in [0.1, 0.15) is 36.0 Å². The zero-order valence-corrected chi connectivity index (χ0v) is 27.9. The van der Waals surface area contributed by atoms with Crippen molar-refractivity contribution in [3.8, 4) is 0 Å². The number of benzene rings is 3. The molecule has 5 rings (SSSR count). The van der Waals surface area contributed by atoms with Crippen LogP contribution >= 0.6 is 0 Å². The van der Waals surface area contributed by atoms with Gasteiger partial charge in [0.1, 0.15) is 22.2 Å². The predicted octanol–water partition coefficient (Wildman–Crippen LogP) is 6.44. The zero-order valence-electron chi connectivity index (χ0n) is 26.2. The summed E-state index contributed by atoms with van der Waals surface area (Å²) in [7, 11) is -7.99. The van der Waals surface area contributed by atoms with Crippen LogP contribution in [0.15, 0.2) is 71.6 Å². The van der Waals surface area contributed by atoms with E-state index in [9.17, 15) is 56.3 Å². The maximum Gasteiger partial charge on any atom is 0.430 e. The molecular formula is C32H31F9N2O5S2. The van der Waals surface area contributed by atoms with Crippen molar-refractivity contribution in [3.63, 3.8) is 0 Å². The van der Waals surface area contributed by atoms with E-state index in [-0.39, 0.29) is 55.9 Å². The molecule has 7 nitrogen and oxygen atoms in total. The lowest BCUT2D eigenvalue weighted by Crippen LogP contribution is -2.56. The van der Waals surface area contributed by atoms with Gasteiger partial charge in [-0.3, -0.25) is 4.90 Å². The summed E-state index contributed by atoms with van der Waals surface area (Å²) in [6.07, 6.45) is -11.4. The van der Waals surface area contributed by atoms with Crippen molar-refractivity contribution in [1.82, 2.24) is 9.21 Å². The van der Waals surface area contributed by atoms with E-state index in [0.29, 0.717) is 24.3 Å². The number of sulfonamides is 1. The molecule has 0 aromatic heterocycles. The van der Waals surface area contributed by atoms with E-state index in [4.69, 9.17) is 0 Å². The normalized spacial score (nSPS) is 21.8. The summed E-state index contributed by atoms with van der Waals surface area (Å²) in [5, 5.41) is 0. The van der Waals surface area contributed by atoms with Crippen LogP contribution in [0.25, 0.3) is 0 Å². The molecule has 2 aliphatic rings. The van der Waals surface area contributed by atoms with E-state index in [1.807, 2.05) is 4.90 Å². The molecule has 2 fully saturated rings. The Kier molecular flexibility index (Phi) is 10.2. The minimum absolute atomic E-state index is 0.121. The first-order chi connectivity index (χ1) is 23.1. The van der Waals surface area contributed by atoms with Crippen molar-refractivity contribution in [2.24, 2.45) is 0 Å². The Morgan fingerprint density at radius 1 is 0.780 bits per heavy atom. The maximum atomic E-state index is 14.5. The predicted molar refractivity (Wildman–Crippen MR) is 162 cm³/mol. The smallest absolute Gasteiger partial charge is 0.349 e. The molecular weight excluding hydrogens is 727 g/mol. The summed E-state index contributed by atoms with van der Waals surface area (Å²) in [4.78, 5) is 1.55. The van der Waals surface area contributed by atoms with Crippen LogP contribution in [0, 0.1) is 17.5 Å². The number of nitrogens with zero attached hydrogens (tertiary/aromatic N) is 2. The average Bonchev–Trinajstić information content (AvgIpc) is 3.49. The summed E-state index contributed by atoms with van der Waals surface area (Å²) in [6.45, 7) is -1.03. The number of halogens is 9. The summed E-state index contributed by atoms with van der Waals surface area (Å²) in [6, 6.07) is 7.97. The van der Waals surface area contributed by atoms with Crippen molar-refractivity contribution < 1.29 is 61.1 Å². The van der Waals surface area contributed by atoms with Crippen molar-refractivity contribution in [1.29, 1.82) is 0 Å². The third-order valence-corrected chi connectivity index (χ3v) is 13.3. The van der Waals surface area contributed by atoms with Crippen LogP contribution in [-0.4, -0.2) is 76.9 Å². The van der Waals surface area contributed by atoms with Gasteiger partial charge >= 0.3 is 12.4 Å². The Morgan fingerprint density at radius 2 is 1.32 bits per heavy atom. The Balaban J connectivity index is 1.57. The third kappa shape index (κ3) is 6.76. The number of sulfone groups is 1. The minimum Gasteiger partial charge on any atom is -0.349 e. The summed E-state index contributed by atoms with van der Waals surface area (Å²) < 4.78 is 186. The van der Waals surface area contributed by atoms with Gasteiger partial charge in [0.25, 0.3) is 5.60 Å². The monoisotopic (exact) mass is 758 g/mol. The lowest BCUT2D eigenvalue weighted by Gasteiger charge is -2.39. The number of ether oxygens (including phenoxy) is 1. The van der Waals surface area contributed by atoms with E-state index in [2.05, 4.69) is 4.74 Å². The molecule has 50 heavy (non-hydrogen) atoms. The van der Waals surface area contributed by atoms with Gasteiger partial charge in [-0.15, -0.1) is 0 Å². The topological polar surface area (TPSA) is 84.0 Å². The first kappa shape index (κ1) is 38.1. The molecule has 1 aliphatic heterocycles. The van der Waals surface area contributed by atoms with Gasteiger partial charge in [0.15, 0.2) is 9.84 Å². The molecule has 1 aliphatic carbocycles. The van der Waals surface area contributed by atoms with Crippen molar-refractivity contribution >= 4 is 19.9 Å². The summed E-state index contributed by atoms with van der Waals surface area (Å²) in [5.74, 6) is -3.61. The molecule has 274 valence electrons. The maximum absolute atomic E-state index is 14.5. The standard InChI is InChI=1S/C32H31F9N2O5S2/c1-49(44,45)43-17-15-42(16-18-43)24-13-14-29(19-24,50(46,47)25-11-9-23(33)10-12-25)21-5-7-22(8-6-21)30(31(36,37)38,32(39,40)41)48-20-26-27(34)3-2-4-28(26)35/h2-12,24H,13-20H2,1H3. The highest BCUT2D eigenvalue weighted by atomic mass is 32.2. The van der Waals surface area contributed by atoms with Crippen molar-refractivity contribution in [2.45, 2.75) is 59.5 Å². The first-order valence-corrected chi connectivity index (χ1v) is 18.5. The van der Waals surface area contributed by atoms with Gasteiger partial charge in [-0.05, 0) is 61.2 Å². The van der Waals surface area contributed by atoms with E-state index in [1.54, 1.807) is 0 Å². The van der Waals surface area contributed by atoms with E-state index < -0.39 is 83.8 Å². The number of piperazine rings is 1. The second-order valence-electron chi connectivity index (χ2n) is 12.3. The molecule has 2 atom stereocenters. The number of hydrogen-bond acceptors (Lipinski definition) is 6. The first-order valence-electron chi connectivity index (χ1n) is 15.1. The molecule has 0 spiro atoms. The molecule has 1 saturated heterocycles. The third-order valence-electron chi connectivity index (χ3n) is 9.45. The fourth-order valence-corrected chi connectivity index (χ4v) is 9.81. The molecule has 0 N–H and O–H groups in total. The van der Waals surface area contributed by atoms with Gasteiger partial charge in [0.05, 0.1) is 17.8 Å². The van der Waals surface area contributed by atoms with Gasteiger partial charge in [-0.1, -0.05) is 30.3 Å². The molecule has 18 heteroatoms. The molecule has 3 aromatic rings. The Labute approximate surface area is 282 Å². The van der Waals surface area contributed by atoms with Crippen LogP contribution in [-0.2, 0) is 41.6 Å². The SMILES string of the molecule is CS(=O)(=O)N1CCN(C2CCC(c3ccc(C(OCc4c(F)cccc4F)(C(F)(F)F)C(F)(F)F)cc3)(S(=O)(=O)c3ccc(F)cc3)C2)CC1. The molecule has 1 saturated carbocycles. The molecule has 0 radical (unpaired) electrons. The van der Waals surface area contributed by atoms with Crippen LogP contribution in [0.3, 0.4) is 0 Å². The van der Waals surface area contributed by atoms with Crippen molar-refractivity contribution in [3.05, 3.63) is 101 Å². The van der Waals surface area contributed by atoms with Gasteiger partial charge in [-0.2, -0.15) is 30.6 Å².